The second-order valence-electron chi connectivity index (χ2n) is 3.77. The Labute approximate surface area is 122 Å². The largest absolute Gasteiger partial charge is 0.493 e. The molecule has 108 valence electrons. The van der Waals surface area contributed by atoms with Gasteiger partial charge in [-0.1, -0.05) is 0 Å². The summed E-state index contributed by atoms with van der Waals surface area (Å²) in [5.74, 6) is 0.516. The number of benzene rings is 1. The van der Waals surface area contributed by atoms with Gasteiger partial charge in [0.05, 0.1) is 16.0 Å². The van der Waals surface area contributed by atoms with Gasteiger partial charge in [-0.25, -0.2) is 13.1 Å². The number of ether oxygens (including phenoxy) is 2. The summed E-state index contributed by atoms with van der Waals surface area (Å²) < 4.78 is 37.6. The molecular formula is C12H18BrNO4S. The zero-order chi connectivity index (χ0) is 14.3. The highest BCUT2D eigenvalue weighted by Crippen LogP contribution is 2.27. The molecule has 0 aromatic heterocycles. The predicted octanol–water partition coefficient (Wildman–Crippen LogP) is 2.16. The van der Waals surface area contributed by atoms with E-state index in [1.807, 2.05) is 6.92 Å². The smallest absolute Gasteiger partial charge is 0.240 e. The molecule has 0 radical (unpaired) electrons. The van der Waals surface area contributed by atoms with Gasteiger partial charge in [-0.15, -0.1) is 0 Å². The fourth-order valence-electron chi connectivity index (χ4n) is 1.42. The lowest BCUT2D eigenvalue weighted by Gasteiger charge is -2.10. The van der Waals surface area contributed by atoms with E-state index >= 15 is 0 Å². The van der Waals surface area contributed by atoms with Gasteiger partial charge in [0.25, 0.3) is 0 Å². The zero-order valence-electron chi connectivity index (χ0n) is 11.0. The van der Waals surface area contributed by atoms with Crippen LogP contribution in [0.2, 0.25) is 0 Å². The Kier molecular flexibility index (Phi) is 6.78. The van der Waals surface area contributed by atoms with Gasteiger partial charge in [0, 0.05) is 26.3 Å². The molecule has 5 nitrogen and oxygen atoms in total. The van der Waals surface area contributed by atoms with Crippen LogP contribution >= 0.6 is 15.9 Å². The lowest BCUT2D eigenvalue weighted by atomic mass is 10.3. The van der Waals surface area contributed by atoms with Gasteiger partial charge in [-0.05, 0) is 41.4 Å². The maximum atomic E-state index is 12.0. The Balaban J connectivity index is 2.80. The minimum absolute atomic E-state index is 0.191. The summed E-state index contributed by atoms with van der Waals surface area (Å²) in [6.07, 6.45) is 0.630. The highest BCUT2D eigenvalue weighted by molar-refractivity contribution is 9.10. The Morgan fingerprint density at radius 3 is 2.74 bits per heavy atom. The average Bonchev–Trinajstić information content (AvgIpc) is 2.37. The van der Waals surface area contributed by atoms with Crippen LogP contribution in [0.25, 0.3) is 0 Å². The molecule has 0 saturated carbocycles. The van der Waals surface area contributed by atoms with E-state index in [1.165, 1.54) is 12.1 Å². The standard InChI is InChI=1S/C12H18BrNO4S/c1-3-18-12-9-10(5-6-11(12)13)19(15,16)14-7-4-8-17-2/h5-6,9,14H,3-4,7-8H2,1-2H3. The molecule has 0 aliphatic carbocycles. The van der Waals surface area contributed by atoms with Crippen molar-refractivity contribution >= 4 is 26.0 Å². The molecule has 1 rings (SSSR count). The topological polar surface area (TPSA) is 64.6 Å². The third-order valence-corrected chi connectivity index (χ3v) is 4.44. The van der Waals surface area contributed by atoms with Gasteiger partial charge in [-0.3, -0.25) is 0 Å². The summed E-state index contributed by atoms with van der Waals surface area (Å²) in [6.45, 7) is 3.18. The first-order valence-electron chi connectivity index (χ1n) is 5.92. The van der Waals surface area contributed by atoms with E-state index in [2.05, 4.69) is 20.7 Å². The molecular weight excluding hydrogens is 334 g/mol. The van der Waals surface area contributed by atoms with Crippen molar-refractivity contribution in [1.29, 1.82) is 0 Å². The molecule has 0 heterocycles. The Morgan fingerprint density at radius 2 is 2.11 bits per heavy atom. The first kappa shape index (κ1) is 16.4. The molecule has 0 saturated heterocycles. The van der Waals surface area contributed by atoms with E-state index in [9.17, 15) is 8.42 Å². The van der Waals surface area contributed by atoms with Crippen molar-refractivity contribution in [3.8, 4) is 5.75 Å². The maximum absolute atomic E-state index is 12.0. The van der Waals surface area contributed by atoms with Crippen LogP contribution in [0.3, 0.4) is 0 Å². The number of hydrogen-bond acceptors (Lipinski definition) is 4. The van der Waals surface area contributed by atoms with E-state index in [4.69, 9.17) is 9.47 Å². The quantitative estimate of drug-likeness (QED) is 0.729. The monoisotopic (exact) mass is 351 g/mol. The van der Waals surface area contributed by atoms with E-state index < -0.39 is 10.0 Å². The summed E-state index contributed by atoms with van der Waals surface area (Å²) in [5.41, 5.74) is 0. The second kappa shape index (κ2) is 7.84. The minimum atomic E-state index is -3.50. The molecule has 0 amide bonds. The number of rotatable bonds is 8. The molecule has 1 aromatic carbocycles. The van der Waals surface area contributed by atoms with Crippen molar-refractivity contribution in [3.05, 3.63) is 22.7 Å². The van der Waals surface area contributed by atoms with E-state index in [0.29, 0.717) is 31.9 Å². The predicted molar refractivity (Wildman–Crippen MR) is 77.0 cm³/mol. The van der Waals surface area contributed by atoms with Gasteiger partial charge in [0.2, 0.25) is 10.0 Å². The number of sulfonamides is 1. The number of methoxy groups -OCH3 is 1. The normalized spacial score (nSPS) is 11.5. The van der Waals surface area contributed by atoms with Crippen LogP contribution in [-0.2, 0) is 14.8 Å². The fourth-order valence-corrected chi connectivity index (χ4v) is 2.87. The lowest BCUT2D eigenvalue weighted by molar-refractivity contribution is 0.196. The molecule has 1 N–H and O–H groups in total. The Morgan fingerprint density at radius 1 is 1.37 bits per heavy atom. The second-order valence-corrected chi connectivity index (χ2v) is 6.39. The molecule has 0 unspecified atom stereocenters. The van der Waals surface area contributed by atoms with E-state index in [0.717, 1.165) is 4.47 Å². The zero-order valence-corrected chi connectivity index (χ0v) is 13.4. The molecule has 0 aliphatic rings. The third-order valence-electron chi connectivity index (χ3n) is 2.33. The van der Waals surface area contributed by atoms with Crippen molar-refractivity contribution < 1.29 is 17.9 Å². The fraction of sp³-hybridized carbons (Fsp3) is 0.500. The molecule has 0 spiro atoms. The summed E-state index contributed by atoms with van der Waals surface area (Å²) in [5, 5.41) is 0. The molecule has 19 heavy (non-hydrogen) atoms. The summed E-state index contributed by atoms with van der Waals surface area (Å²) in [4.78, 5) is 0.191. The summed E-state index contributed by atoms with van der Waals surface area (Å²) in [7, 11) is -1.92. The highest BCUT2D eigenvalue weighted by atomic mass is 79.9. The molecule has 7 heteroatoms. The van der Waals surface area contributed by atoms with Crippen LogP contribution in [0.5, 0.6) is 5.75 Å². The highest BCUT2D eigenvalue weighted by Gasteiger charge is 2.15. The number of nitrogens with one attached hydrogen (secondary N) is 1. The van der Waals surface area contributed by atoms with E-state index in [1.54, 1.807) is 13.2 Å². The summed E-state index contributed by atoms with van der Waals surface area (Å²) >= 11 is 3.31. The third kappa shape index (κ3) is 5.10. The van der Waals surface area contributed by atoms with Crippen LogP contribution in [0.15, 0.2) is 27.6 Å². The number of halogens is 1. The van der Waals surface area contributed by atoms with Crippen LogP contribution < -0.4 is 9.46 Å². The van der Waals surface area contributed by atoms with E-state index in [-0.39, 0.29) is 4.90 Å². The van der Waals surface area contributed by atoms with Gasteiger partial charge in [-0.2, -0.15) is 0 Å². The van der Waals surface area contributed by atoms with Crippen molar-refractivity contribution in [3.63, 3.8) is 0 Å². The molecule has 1 aromatic rings. The molecule has 0 fully saturated rings. The first-order chi connectivity index (χ1) is 9.01. The summed E-state index contributed by atoms with van der Waals surface area (Å²) in [6, 6.07) is 4.70. The average molecular weight is 352 g/mol. The first-order valence-corrected chi connectivity index (χ1v) is 8.20. The lowest BCUT2D eigenvalue weighted by Crippen LogP contribution is -2.25. The van der Waals surface area contributed by atoms with Crippen molar-refractivity contribution in [2.75, 3.05) is 26.9 Å². The van der Waals surface area contributed by atoms with Crippen LogP contribution in [-0.4, -0.2) is 35.3 Å². The van der Waals surface area contributed by atoms with Crippen LogP contribution in [0, 0.1) is 0 Å². The molecule has 0 aliphatic heterocycles. The van der Waals surface area contributed by atoms with Crippen molar-refractivity contribution in [1.82, 2.24) is 4.72 Å². The Hall–Kier alpha value is -0.630. The van der Waals surface area contributed by atoms with Crippen LogP contribution in [0.1, 0.15) is 13.3 Å². The minimum Gasteiger partial charge on any atom is -0.493 e. The van der Waals surface area contributed by atoms with Gasteiger partial charge in [0.15, 0.2) is 0 Å². The van der Waals surface area contributed by atoms with Gasteiger partial charge >= 0.3 is 0 Å². The van der Waals surface area contributed by atoms with Crippen LogP contribution in [0.4, 0.5) is 0 Å². The SMILES string of the molecule is CCOc1cc(S(=O)(=O)NCCCOC)ccc1Br. The Bertz CT molecular complexity index is 504. The van der Waals surface area contributed by atoms with Crippen molar-refractivity contribution in [2.24, 2.45) is 0 Å². The molecule has 0 bridgehead atoms. The number of hydrogen-bond donors (Lipinski definition) is 1. The van der Waals surface area contributed by atoms with Gasteiger partial charge in [0.1, 0.15) is 5.75 Å². The molecule has 0 atom stereocenters. The van der Waals surface area contributed by atoms with Gasteiger partial charge < -0.3 is 9.47 Å². The van der Waals surface area contributed by atoms with Crippen molar-refractivity contribution in [2.45, 2.75) is 18.2 Å². The maximum Gasteiger partial charge on any atom is 0.240 e.